The monoisotopic (exact) mass is 302 g/mol. The molecule has 1 aromatic rings. The van der Waals surface area contributed by atoms with Crippen LogP contribution in [0.15, 0.2) is 24.3 Å². The maximum absolute atomic E-state index is 12.8. The lowest BCUT2D eigenvalue weighted by Gasteiger charge is -2.41. The van der Waals surface area contributed by atoms with Crippen molar-refractivity contribution in [2.24, 2.45) is 0 Å². The minimum atomic E-state index is -4.64. The van der Waals surface area contributed by atoms with Crippen LogP contribution in [0.25, 0.3) is 0 Å². The summed E-state index contributed by atoms with van der Waals surface area (Å²) in [6.45, 7) is 3.62. The van der Waals surface area contributed by atoms with Gasteiger partial charge in [-0.25, -0.2) is 0 Å². The number of unbranched alkanes of at least 4 members (excludes halogenated alkanes) is 2. The first-order valence-corrected chi connectivity index (χ1v) is 7.30. The third-order valence-electron chi connectivity index (χ3n) is 3.76. The molecule has 0 aliphatic carbocycles. The fourth-order valence-electron chi connectivity index (χ4n) is 2.66. The summed E-state index contributed by atoms with van der Waals surface area (Å²) in [5.74, 6) is 0. The number of alkyl halides is 3. The molecule has 0 saturated heterocycles. The number of hydrogen-bond donors (Lipinski definition) is 1. The molecule has 0 aromatic heterocycles. The van der Waals surface area contributed by atoms with E-state index in [1.807, 2.05) is 12.1 Å². The lowest BCUT2D eigenvalue weighted by atomic mass is 10.1. The zero-order chi connectivity index (χ0) is 15.5. The summed E-state index contributed by atoms with van der Waals surface area (Å²) >= 11 is 0. The summed E-state index contributed by atoms with van der Waals surface area (Å²) in [7, 11) is 0. The van der Waals surface area contributed by atoms with E-state index in [1.54, 1.807) is 12.1 Å². The van der Waals surface area contributed by atoms with E-state index >= 15 is 0 Å². The van der Waals surface area contributed by atoms with Gasteiger partial charge < -0.3 is 14.9 Å². The average Bonchev–Trinajstić information content (AvgIpc) is 2.46. The number of para-hydroxylation sites is 2. The fourth-order valence-corrected chi connectivity index (χ4v) is 2.66. The van der Waals surface area contributed by atoms with E-state index in [2.05, 4.69) is 11.8 Å². The Hall–Kier alpha value is -1.43. The summed E-state index contributed by atoms with van der Waals surface area (Å²) in [5, 5.41) is 9.54. The van der Waals surface area contributed by atoms with Gasteiger partial charge in [0.1, 0.15) is 0 Å². The van der Waals surface area contributed by atoms with Crippen LogP contribution in [0.5, 0.6) is 0 Å². The predicted molar refractivity (Wildman–Crippen MR) is 77.6 cm³/mol. The number of hydrogen-bond acceptors (Lipinski definition) is 3. The molecule has 118 valence electrons. The summed E-state index contributed by atoms with van der Waals surface area (Å²) in [6, 6.07) is 6.96. The molecule has 2 rings (SSSR count). The van der Waals surface area contributed by atoms with Crippen molar-refractivity contribution in [3.05, 3.63) is 24.3 Å². The Labute approximate surface area is 123 Å². The van der Waals surface area contributed by atoms with E-state index in [-0.39, 0.29) is 6.54 Å². The third kappa shape index (κ3) is 3.61. The number of anilines is 2. The molecule has 1 heterocycles. The van der Waals surface area contributed by atoms with E-state index in [9.17, 15) is 18.3 Å². The summed E-state index contributed by atoms with van der Waals surface area (Å²) < 4.78 is 38.3. The van der Waals surface area contributed by atoms with Gasteiger partial charge >= 0.3 is 6.18 Å². The zero-order valence-electron chi connectivity index (χ0n) is 12.1. The van der Waals surface area contributed by atoms with Crippen molar-refractivity contribution in [1.82, 2.24) is 0 Å². The molecule has 0 fully saturated rings. The van der Waals surface area contributed by atoms with Crippen LogP contribution in [0.4, 0.5) is 24.5 Å². The van der Waals surface area contributed by atoms with Gasteiger partial charge in [-0.15, -0.1) is 0 Å². The van der Waals surface area contributed by atoms with Crippen LogP contribution < -0.4 is 9.80 Å². The SMILES string of the molecule is CCCCCN1CCN(C(O)C(F)(F)F)c2ccccc21. The van der Waals surface area contributed by atoms with Crippen molar-refractivity contribution in [1.29, 1.82) is 0 Å². The van der Waals surface area contributed by atoms with E-state index in [0.717, 1.165) is 36.4 Å². The Balaban J connectivity index is 2.20. The van der Waals surface area contributed by atoms with Crippen molar-refractivity contribution >= 4 is 11.4 Å². The molecule has 1 aliphatic rings. The fraction of sp³-hybridized carbons (Fsp3) is 0.600. The standard InChI is InChI=1S/C15H21F3N2O/c1-2-3-6-9-19-10-11-20(14(21)15(16,17)18)13-8-5-4-7-12(13)19/h4-5,7-8,14,21H,2-3,6,9-11H2,1H3. The van der Waals surface area contributed by atoms with Gasteiger partial charge in [0.15, 0.2) is 0 Å². The first-order chi connectivity index (χ1) is 9.95. The molecule has 6 heteroatoms. The Morgan fingerprint density at radius 2 is 1.81 bits per heavy atom. The normalized spacial score (nSPS) is 16.8. The van der Waals surface area contributed by atoms with Gasteiger partial charge in [0.05, 0.1) is 11.4 Å². The molecular formula is C15H21F3N2O. The number of rotatable bonds is 5. The highest BCUT2D eigenvalue weighted by atomic mass is 19.4. The van der Waals surface area contributed by atoms with Gasteiger partial charge in [0.25, 0.3) is 0 Å². The minimum Gasteiger partial charge on any atom is -0.368 e. The number of aliphatic hydroxyl groups excluding tert-OH is 1. The molecule has 0 radical (unpaired) electrons. The van der Waals surface area contributed by atoms with Crippen molar-refractivity contribution < 1.29 is 18.3 Å². The van der Waals surface area contributed by atoms with E-state index in [1.165, 1.54) is 0 Å². The maximum Gasteiger partial charge on any atom is 0.433 e. The van der Waals surface area contributed by atoms with Gasteiger partial charge in [0, 0.05) is 19.6 Å². The lowest BCUT2D eigenvalue weighted by Crippen LogP contribution is -2.52. The van der Waals surface area contributed by atoms with Crippen LogP contribution in [-0.2, 0) is 0 Å². The average molecular weight is 302 g/mol. The number of aliphatic hydroxyl groups is 1. The second-order valence-corrected chi connectivity index (χ2v) is 5.29. The second kappa shape index (κ2) is 6.56. The smallest absolute Gasteiger partial charge is 0.368 e. The summed E-state index contributed by atoms with van der Waals surface area (Å²) in [6.07, 6.45) is -3.86. The molecule has 0 saturated carbocycles. The Bertz CT molecular complexity index is 464. The van der Waals surface area contributed by atoms with Crippen LogP contribution in [-0.4, -0.2) is 37.1 Å². The zero-order valence-corrected chi connectivity index (χ0v) is 12.1. The van der Waals surface area contributed by atoms with Gasteiger partial charge in [-0.2, -0.15) is 13.2 Å². The molecular weight excluding hydrogens is 281 g/mol. The molecule has 1 unspecified atom stereocenters. The van der Waals surface area contributed by atoms with Crippen molar-refractivity contribution in [3.8, 4) is 0 Å². The highest BCUT2D eigenvalue weighted by Crippen LogP contribution is 2.37. The highest BCUT2D eigenvalue weighted by Gasteiger charge is 2.44. The molecule has 1 atom stereocenters. The van der Waals surface area contributed by atoms with Crippen molar-refractivity contribution in [2.75, 3.05) is 29.4 Å². The number of benzene rings is 1. The second-order valence-electron chi connectivity index (χ2n) is 5.29. The number of nitrogens with zero attached hydrogens (tertiary/aromatic N) is 2. The van der Waals surface area contributed by atoms with E-state index in [4.69, 9.17) is 0 Å². The molecule has 0 amide bonds. The van der Waals surface area contributed by atoms with Crippen LogP contribution in [0, 0.1) is 0 Å². The van der Waals surface area contributed by atoms with Gasteiger partial charge in [-0.1, -0.05) is 31.9 Å². The van der Waals surface area contributed by atoms with Crippen LogP contribution in [0.1, 0.15) is 26.2 Å². The Kier molecular flexibility index (Phi) is 4.98. The molecule has 0 spiro atoms. The Morgan fingerprint density at radius 1 is 1.14 bits per heavy atom. The summed E-state index contributed by atoms with van der Waals surface area (Å²) in [4.78, 5) is 3.14. The van der Waals surface area contributed by atoms with Crippen LogP contribution >= 0.6 is 0 Å². The van der Waals surface area contributed by atoms with Crippen molar-refractivity contribution in [2.45, 2.75) is 38.6 Å². The molecule has 3 nitrogen and oxygen atoms in total. The molecule has 0 bridgehead atoms. The first kappa shape index (κ1) is 15.9. The van der Waals surface area contributed by atoms with Crippen LogP contribution in [0.2, 0.25) is 0 Å². The Morgan fingerprint density at radius 3 is 2.43 bits per heavy atom. The van der Waals surface area contributed by atoms with E-state index < -0.39 is 12.4 Å². The van der Waals surface area contributed by atoms with Gasteiger partial charge in [0.2, 0.25) is 6.23 Å². The van der Waals surface area contributed by atoms with Crippen molar-refractivity contribution in [3.63, 3.8) is 0 Å². The topological polar surface area (TPSA) is 26.7 Å². The van der Waals surface area contributed by atoms with Crippen LogP contribution in [0.3, 0.4) is 0 Å². The van der Waals surface area contributed by atoms with Gasteiger partial charge in [-0.05, 0) is 18.6 Å². The quantitative estimate of drug-likeness (QED) is 0.845. The molecule has 1 aliphatic heterocycles. The lowest BCUT2D eigenvalue weighted by molar-refractivity contribution is -0.203. The molecule has 21 heavy (non-hydrogen) atoms. The third-order valence-corrected chi connectivity index (χ3v) is 3.76. The van der Waals surface area contributed by atoms with E-state index in [0.29, 0.717) is 12.2 Å². The first-order valence-electron chi connectivity index (χ1n) is 7.30. The minimum absolute atomic E-state index is 0.170. The molecule has 1 N–H and O–H groups in total. The predicted octanol–water partition coefficient (Wildman–Crippen LogP) is 3.38. The maximum atomic E-state index is 12.8. The molecule has 1 aromatic carbocycles. The highest BCUT2D eigenvalue weighted by molar-refractivity contribution is 5.73. The summed E-state index contributed by atoms with van der Waals surface area (Å²) in [5.41, 5.74) is 1.22. The number of halogens is 3. The number of fused-ring (bicyclic) bond motifs is 1. The van der Waals surface area contributed by atoms with Gasteiger partial charge in [-0.3, -0.25) is 0 Å². The largest absolute Gasteiger partial charge is 0.433 e.